The Labute approximate surface area is 216 Å². The highest BCUT2D eigenvalue weighted by molar-refractivity contribution is 7.99. The van der Waals surface area contributed by atoms with Gasteiger partial charge in [0.2, 0.25) is 21.8 Å². The van der Waals surface area contributed by atoms with Crippen molar-refractivity contribution in [3.05, 3.63) is 57.9 Å². The summed E-state index contributed by atoms with van der Waals surface area (Å²) in [6.45, 7) is 2.01. The molecule has 0 atom stereocenters. The fourth-order valence-electron chi connectivity index (χ4n) is 4.18. The summed E-state index contributed by atoms with van der Waals surface area (Å²) >= 11 is 7.13. The van der Waals surface area contributed by atoms with Gasteiger partial charge >= 0.3 is 0 Å². The van der Waals surface area contributed by atoms with E-state index in [4.69, 9.17) is 11.6 Å². The molecule has 2 N–H and O–H groups in total. The van der Waals surface area contributed by atoms with Gasteiger partial charge in [-0.15, -0.1) is 10.2 Å². The average molecular weight is 556 g/mol. The van der Waals surface area contributed by atoms with Crippen molar-refractivity contribution in [2.45, 2.75) is 49.1 Å². The van der Waals surface area contributed by atoms with Crippen molar-refractivity contribution in [1.29, 1.82) is 0 Å². The lowest BCUT2D eigenvalue weighted by molar-refractivity contribution is -0.113. The molecule has 0 fully saturated rings. The Kier molecular flexibility index (Phi) is 7.98. The monoisotopic (exact) mass is 555 g/mol. The van der Waals surface area contributed by atoms with Crippen LogP contribution in [-0.4, -0.2) is 41.9 Å². The number of rotatable bonds is 8. The molecule has 4 rings (SSSR count). The predicted octanol–water partition coefficient (Wildman–Crippen LogP) is 4.68. The molecule has 0 radical (unpaired) electrons. The minimum atomic E-state index is -3.69. The van der Waals surface area contributed by atoms with Crippen LogP contribution >= 0.6 is 23.4 Å². The Balaban J connectivity index is 1.56. The summed E-state index contributed by atoms with van der Waals surface area (Å²) in [5, 5.41) is 10.5. The molecule has 0 unspecified atom stereocenters. The Morgan fingerprint density at radius 3 is 2.56 bits per heavy atom. The highest BCUT2D eigenvalue weighted by Gasteiger charge is 2.26. The number of alkyl halides is 2. The Morgan fingerprint density at radius 2 is 1.89 bits per heavy atom. The van der Waals surface area contributed by atoms with E-state index in [0.717, 1.165) is 48.6 Å². The number of amides is 1. The number of hydrogen-bond acceptors (Lipinski definition) is 6. The van der Waals surface area contributed by atoms with Crippen LogP contribution in [0.5, 0.6) is 0 Å². The fraction of sp³-hybridized carbons (Fsp3) is 0.348. The number of anilines is 1. The van der Waals surface area contributed by atoms with Crippen LogP contribution in [0.25, 0.3) is 5.69 Å². The Bertz CT molecular complexity index is 1410. The van der Waals surface area contributed by atoms with Crippen molar-refractivity contribution >= 4 is 45.0 Å². The number of carbonyl (C=O) groups excluding carboxylic acids is 1. The minimum absolute atomic E-state index is 0.0408. The zero-order valence-electron chi connectivity index (χ0n) is 19.5. The molecule has 3 aromatic rings. The topological polar surface area (TPSA) is 106 Å². The van der Waals surface area contributed by atoms with Gasteiger partial charge in [0.1, 0.15) is 0 Å². The maximum atomic E-state index is 13.8. The van der Waals surface area contributed by atoms with E-state index in [0.29, 0.717) is 5.69 Å². The van der Waals surface area contributed by atoms with E-state index < -0.39 is 28.2 Å². The lowest BCUT2D eigenvalue weighted by Gasteiger charge is -2.23. The predicted molar refractivity (Wildman–Crippen MR) is 135 cm³/mol. The third kappa shape index (κ3) is 5.41. The number of halogens is 3. The maximum absolute atomic E-state index is 13.8. The van der Waals surface area contributed by atoms with E-state index in [1.165, 1.54) is 35.4 Å². The third-order valence-electron chi connectivity index (χ3n) is 5.96. The first-order chi connectivity index (χ1) is 17.1. The number of nitrogens with one attached hydrogen (secondary N) is 2. The quantitative estimate of drug-likeness (QED) is 0.391. The molecule has 13 heteroatoms. The van der Waals surface area contributed by atoms with Crippen LogP contribution in [0.4, 0.5) is 14.5 Å². The average Bonchev–Trinajstić information content (AvgIpc) is 3.28. The first kappa shape index (κ1) is 26.5. The summed E-state index contributed by atoms with van der Waals surface area (Å²) in [6.07, 6.45) is 0.840. The van der Waals surface area contributed by atoms with Gasteiger partial charge < -0.3 is 5.32 Å². The second kappa shape index (κ2) is 10.8. The summed E-state index contributed by atoms with van der Waals surface area (Å²) in [6, 6.07) is 7.63. The number of aryl methyl sites for hydroxylation is 1. The number of carbonyl (C=O) groups is 1. The van der Waals surface area contributed by atoms with E-state index in [1.54, 1.807) is 6.07 Å². The smallest absolute Gasteiger partial charge is 0.297 e. The fourth-order valence-corrected chi connectivity index (χ4v) is 5.98. The Morgan fingerprint density at radius 1 is 1.17 bits per heavy atom. The molecule has 1 amide bonds. The summed E-state index contributed by atoms with van der Waals surface area (Å²) in [4.78, 5) is 12.6. The van der Waals surface area contributed by atoms with Crippen LogP contribution in [0, 0.1) is 6.92 Å². The van der Waals surface area contributed by atoms with Crippen LogP contribution < -0.4 is 10.0 Å². The molecular weight excluding hydrogens is 532 g/mol. The largest absolute Gasteiger partial charge is 0.324 e. The summed E-state index contributed by atoms with van der Waals surface area (Å²) in [5.41, 5.74) is 4.14. The number of aromatic nitrogens is 3. The van der Waals surface area contributed by atoms with Gasteiger partial charge in [-0.3, -0.25) is 9.36 Å². The first-order valence-electron chi connectivity index (χ1n) is 11.1. The second-order valence-corrected chi connectivity index (χ2v) is 11.5. The molecule has 8 nitrogen and oxygen atoms in total. The molecule has 1 aliphatic carbocycles. The highest BCUT2D eigenvalue weighted by Crippen LogP contribution is 2.34. The van der Waals surface area contributed by atoms with Gasteiger partial charge in [0, 0.05) is 0 Å². The number of nitrogens with zero attached hydrogens (tertiary/aromatic N) is 3. The Hall–Kier alpha value is -2.54. The molecule has 1 aromatic heterocycles. The van der Waals surface area contributed by atoms with Gasteiger partial charge in [-0.2, -0.15) is 0 Å². The molecule has 0 saturated carbocycles. The number of thioether (sulfide) groups is 1. The van der Waals surface area contributed by atoms with Crippen molar-refractivity contribution in [3.8, 4) is 5.69 Å². The van der Waals surface area contributed by atoms with Crippen LogP contribution in [0.1, 0.15) is 41.8 Å². The van der Waals surface area contributed by atoms with Gasteiger partial charge in [0.05, 0.1) is 27.0 Å². The summed E-state index contributed by atoms with van der Waals surface area (Å²) in [7, 11) is -2.41. The number of sulfonamides is 1. The van der Waals surface area contributed by atoms with Crippen LogP contribution in [0.15, 0.2) is 40.4 Å². The second-order valence-electron chi connectivity index (χ2n) is 8.23. The van der Waals surface area contributed by atoms with Gasteiger partial charge in [-0.05, 0) is 80.6 Å². The highest BCUT2D eigenvalue weighted by atomic mass is 35.5. The molecule has 1 aliphatic rings. The number of benzene rings is 2. The van der Waals surface area contributed by atoms with E-state index in [2.05, 4.69) is 20.2 Å². The van der Waals surface area contributed by atoms with Crippen molar-refractivity contribution in [2.24, 2.45) is 0 Å². The van der Waals surface area contributed by atoms with E-state index in [-0.39, 0.29) is 26.5 Å². The van der Waals surface area contributed by atoms with Crippen molar-refractivity contribution in [2.75, 3.05) is 18.1 Å². The maximum Gasteiger partial charge on any atom is 0.297 e. The van der Waals surface area contributed by atoms with Crippen LogP contribution in [0.2, 0.25) is 5.02 Å². The lowest BCUT2D eigenvalue weighted by Crippen LogP contribution is -2.19. The standard InChI is InChI=1S/C23H24ClF2N5O3S2/c1-13-7-10-19(16-6-4-3-5-15(13)16)31-22(21(25)26)29-30-23(31)35-12-20(32)28-18-9-8-14(11-17(18)24)36(33,34)27-2/h7-11,21,27H,3-6,12H2,1-2H3,(H,28,32). The van der Waals surface area contributed by atoms with Gasteiger partial charge in [-0.1, -0.05) is 29.4 Å². The van der Waals surface area contributed by atoms with E-state index >= 15 is 0 Å². The van der Waals surface area contributed by atoms with Crippen LogP contribution in [0.3, 0.4) is 0 Å². The van der Waals surface area contributed by atoms with Gasteiger partial charge in [0.15, 0.2) is 5.16 Å². The minimum Gasteiger partial charge on any atom is -0.324 e. The van der Waals surface area contributed by atoms with Crippen molar-refractivity contribution in [3.63, 3.8) is 0 Å². The lowest BCUT2D eigenvalue weighted by atomic mass is 9.87. The van der Waals surface area contributed by atoms with Gasteiger partial charge in [0.25, 0.3) is 6.43 Å². The molecule has 0 spiro atoms. The molecule has 0 aliphatic heterocycles. The van der Waals surface area contributed by atoms with Crippen molar-refractivity contribution in [1.82, 2.24) is 19.5 Å². The summed E-state index contributed by atoms with van der Waals surface area (Å²) in [5.74, 6) is -1.09. The molecule has 0 saturated heterocycles. The van der Waals surface area contributed by atoms with E-state index in [1.807, 2.05) is 13.0 Å². The first-order valence-corrected chi connectivity index (χ1v) is 14.0. The molecule has 2 aromatic carbocycles. The third-order valence-corrected chi connectivity index (χ3v) is 8.62. The number of fused-ring (bicyclic) bond motifs is 1. The molecule has 0 bridgehead atoms. The van der Waals surface area contributed by atoms with Gasteiger partial charge in [-0.25, -0.2) is 21.9 Å². The normalized spacial score (nSPS) is 13.6. The van der Waals surface area contributed by atoms with Crippen molar-refractivity contribution < 1.29 is 22.0 Å². The zero-order valence-corrected chi connectivity index (χ0v) is 21.9. The zero-order chi connectivity index (χ0) is 26.0. The SMILES string of the molecule is CNS(=O)(=O)c1ccc(NC(=O)CSc2nnc(C(F)F)n2-c2ccc(C)c3c2CCCC3)c(Cl)c1. The van der Waals surface area contributed by atoms with E-state index in [9.17, 15) is 22.0 Å². The number of hydrogen-bond donors (Lipinski definition) is 2. The molecule has 36 heavy (non-hydrogen) atoms. The molecular formula is C23H24ClF2N5O3S2. The van der Waals surface area contributed by atoms with Crippen LogP contribution in [-0.2, 0) is 27.7 Å². The summed E-state index contributed by atoms with van der Waals surface area (Å²) < 4.78 is 55.1. The molecule has 1 heterocycles. The molecule has 192 valence electrons.